The number of halogens is 1. The molecule has 1 rings (SSSR count). The van der Waals surface area contributed by atoms with Crippen molar-refractivity contribution in [2.45, 2.75) is 39.3 Å². The average molecular weight is 259 g/mol. The molecule has 1 atom stereocenters. The summed E-state index contributed by atoms with van der Waals surface area (Å²) >= 11 is 5.92. The normalized spacial score (nSPS) is 14.6. The van der Waals surface area contributed by atoms with E-state index in [1.54, 1.807) is 17.8 Å². The van der Waals surface area contributed by atoms with Crippen LogP contribution in [0, 0.1) is 6.92 Å². The summed E-state index contributed by atoms with van der Waals surface area (Å²) in [6.45, 7) is 6.77. The minimum Gasteiger partial charge on any atom is -0.368 e. The molecule has 1 aromatic rings. The van der Waals surface area contributed by atoms with E-state index >= 15 is 0 Å². The van der Waals surface area contributed by atoms with E-state index in [0.29, 0.717) is 11.6 Å². The van der Waals surface area contributed by atoms with Crippen LogP contribution >= 0.6 is 11.6 Å². The first-order chi connectivity index (χ1) is 7.90. The largest absolute Gasteiger partial charge is 0.368 e. The minimum absolute atomic E-state index is 0.376. The lowest BCUT2D eigenvalue weighted by Gasteiger charge is -2.27. The summed E-state index contributed by atoms with van der Waals surface area (Å²) < 4.78 is 1.69. The van der Waals surface area contributed by atoms with E-state index in [9.17, 15) is 4.79 Å². The molecule has 17 heavy (non-hydrogen) atoms. The fourth-order valence-corrected chi connectivity index (χ4v) is 1.65. The maximum absolute atomic E-state index is 11.5. The van der Waals surface area contributed by atoms with Crippen molar-refractivity contribution in [2.75, 3.05) is 6.54 Å². The van der Waals surface area contributed by atoms with Crippen molar-refractivity contribution in [3.63, 3.8) is 0 Å². The third-order valence-corrected chi connectivity index (χ3v) is 3.19. The third-order valence-electron chi connectivity index (χ3n) is 2.82. The molecule has 5 nitrogen and oxygen atoms in total. The molecule has 1 amide bonds. The number of nitrogens with one attached hydrogen (secondary N) is 1. The Bertz CT molecular complexity index is 404. The predicted octanol–water partition coefficient (Wildman–Crippen LogP) is 1.09. The summed E-state index contributed by atoms with van der Waals surface area (Å²) in [5.41, 5.74) is 5.46. The van der Waals surface area contributed by atoms with E-state index in [2.05, 4.69) is 10.4 Å². The number of hydrogen-bond donors (Lipinski definition) is 2. The quantitative estimate of drug-likeness (QED) is 0.802. The molecule has 0 fully saturated rings. The molecule has 0 aromatic carbocycles. The second kappa shape index (κ2) is 5.51. The number of nitrogens with zero attached hydrogens (tertiary/aromatic N) is 2. The Morgan fingerprint density at radius 3 is 2.76 bits per heavy atom. The highest BCUT2D eigenvalue weighted by atomic mass is 35.5. The van der Waals surface area contributed by atoms with Crippen LogP contribution in [0.25, 0.3) is 0 Å². The molecule has 0 bridgehead atoms. The van der Waals surface area contributed by atoms with Gasteiger partial charge in [-0.25, -0.2) is 0 Å². The van der Waals surface area contributed by atoms with Crippen LogP contribution in [0.5, 0.6) is 0 Å². The fourth-order valence-electron chi connectivity index (χ4n) is 1.50. The van der Waals surface area contributed by atoms with Gasteiger partial charge in [-0.2, -0.15) is 5.10 Å². The smallest absolute Gasteiger partial charge is 0.239 e. The van der Waals surface area contributed by atoms with Crippen molar-refractivity contribution in [1.82, 2.24) is 15.1 Å². The summed E-state index contributed by atoms with van der Waals surface area (Å²) in [7, 11) is 0. The molecule has 0 saturated heterocycles. The summed E-state index contributed by atoms with van der Waals surface area (Å²) in [5, 5.41) is 7.87. The number of primary amides is 1. The van der Waals surface area contributed by atoms with Gasteiger partial charge in [-0.15, -0.1) is 0 Å². The van der Waals surface area contributed by atoms with Gasteiger partial charge in [-0.3, -0.25) is 9.48 Å². The molecule has 3 N–H and O–H groups in total. The maximum Gasteiger partial charge on any atom is 0.239 e. The summed E-state index contributed by atoms with van der Waals surface area (Å²) in [4.78, 5) is 11.5. The first kappa shape index (κ1) is 14.0. The van der Waals surface area contributed by atoms with Gasteiger partial charge in [0, 0.05) is 0 Å². The Morgan fingerprint density at radius 1 is 1.71 bits per heavy atom. The molecule has 0 aliphatic heterocycles. The zero-order valence-electron chi connectivity index (χ0n) is 10.5. The van der Waals surface area contributed by atoms with Crippen LogP contribution in [-0.2, 0) is 11.3 Å². The average Bonchev–Trinajstić information content (AvgIpc) is 2.58. The standard InChI is InChI=1S/C11H19ClN4O/c1-4-5-14-11(3,10(13)17)7-16-8(2)9(12)6-15-16/h6,14H,4-5,7H2,1-3H3,(H2,13,17). The van der Waals surface area contributed by atoms with Crippen molar-refractivity contribution >= 4 is 17.5 Å². The molecule has 1 heterocycles. The van der Waals surface area contributed by atoms with Crippen LogP contribution in [-0.4, -0.2) is 27.8 Å². The van der Waals surface area contributed by atoms with E-state index in [1.807, 2.05) is 13.8 Å². The number of rotatable bonds is 6. The third kappa shape index (κ3) is 3.20. The Morgan fingerprint density at radius 2 is 2.35 bits per heavy atom. The van der Waals surface area contributed by atoms with Gasteiger partial charge in [0.1, 0.15) is 5.54 Å². The van der Waals surface area contributed by atoms with Crippen LogP contribution in [0.4, 0.5) is 0 Å². The van der Waals surface area contributed by atoms with Crippen LogP contribution in [0.3, 0.4) is 0 Å². The second-order valence-corrected chi connectivity index (χ2v) is 4.77. The van der Waals surface area contributed by atoms with Crippen molar-refractivity contribution in [2.24, 2.45) is 5.73 Å². The molecular weight excluding hydrogens is 240 g/mol. The molecule has 0 saturated carbocycles. The van der Waals surface area contributed by atoms with E-state index in [-0.39, 0.29) is 0 Å². The first-order valence-corrected chi connectivity index (χ1v) is 6.01. The minimum atomic E-state index is -0.809. The van der Waals surface area contributed by atoms with Gasteiger partial charge in [0.05, 0.1) is 23.5 Å². The highest BCUT2D eigenvalue weighted by Crippen LogP contribution is 2.16. The fraction of sp³-hybridized carbons (Fsp3) is 0.636. The van der Waals surface area contributed by atoms with Crippen LogP contribution < -0.4 is 11.1 Å². The number of hydrogen-bond acceptors (Lipinski definition) is 3. The summed E-state index contributed by atoms with van der Waals surface area (Å²) in [6.07, 6.45) is 2.50. The molecule has 0 spiro atoms. The lowest BCUT2D eigenvalue weighted by atomic mass is 10.0. The van der Waals surface area contributed by atoms with Crippen LogP contribution in [0.1, 0.15) is 26.0 Å². The molecule has 0 aliphatic carbocycles. The number of aromatic nitrogens is 2. The Kier molecular flexibility index (Phi) is 4.54. The number of carbonyl (C=O) groups excluding carboxylic acids is 1. The molecule has 0 radical (unpaired) electrons. The Balaban J connectivity index is 2.87. The van der Waals surface area contributed by atoms with E-state index < -0.39 is 11.4 Å². The van der Waals surface area contributed by atoms with Gasteiger partial charge < -0.3 is 11.1 Å². The monoisotopic (exact) mass is 258 g/mol. The summed E-state index contributed by atoms with van der Waals surface area (Å²) in [6, 6.07) is 0. The Labute approximate surface area is 106 Å². The molecule has 1 unspecified atom stereocenters. The van der Waals surface area contributed by atoms with Gasteiger partial charge in [0.25, 0.3) is 0 Å². The molecule has 6 heteroatoms. The lowest BCUT2D eigenvalue weighted by Crippen LogP contribution is -2.56. The molecule has 0 aliphatic rings. The van der Waals surface area contributed by atoms with E-state index in [4.69, 9.17) is 17.3 Å². The van der Waals surface area contributed by atoms with Gasteiger partial charge in [0.2, 0.25) is 5.91 Å². The second-order valence-electron chi connectivity index (χ2n) is 4.36. The number of carbonyl (C=O) groups is 1. The molecule has 1 aromatic heterocycles. The number of nitrogens with two attached hydrogens (primary N) is 1. The highest BCUT2D eigenvalue weighted by molar-refractivity contribution is 6.31. The summed E-state index contributed by atoms with van der Waals surface area (Å²) in [5.74, 6) is -0.392. The highest BCUT2D eigenvalue weighted by Gasteiger charge is 2.31. The van der Waals surface area contributed by atoms with Crippen molar-refractivity contribution < 1.29 is 4.79 Å². The van der Waals surface area contributed by atoms with Crippen molar-refractivity contribution in [1.29, 1.82) is 0 Å². The maximum atomic E-state index is 11.5. The Hall–Kier alpha value is -1.07. The van der Waals surface area contributed by atoms with Gasteiger partial charge in [-0.1, -0.05) is 18.5 Å². The zero-order chi connectivity index (χ0) is 13.1. The SMILES string of the molecule is CCCNC(C)(Cn1ncc(Cl)c1C)C(N)=O. The topological polar surface area (TPSA) is 72.9 Å². The van der Waals surface area contributed by atoms with Crippen LogP contribution in [0.15, 0.2) is 6.20 Å². The van der Waals surface area contributed by atoms with Crippen molar-refractivity contribution in [3.05, 3.63) is 16.9 Å². The molecular formula is C11H19ClN4O. The van der Waals surface area contributed by atoms with Crippen LogP contribution in [0.2, 0.25) is 5.02 Å². The van der Waals surface area contributed by atoms with Gasteiger partial charge in [0.15, 0.2) is 0 Å². The number of amides is 1. The van der Waals surface area contributed by atoms with E-state index in [1.165, 1.54) is 0 Å². The van der Waals surface area contributed by atoms with Gasteiger partial charge >= 0.3 is 0 Å². The van der Waals surface area contributed by atoms with Gasteiger partial charge in [-0.05, 0) is 26.8 Å². The molecule has 96 valence electrons. The predicted molar refractivity (Wildman–Crippen MR) is 67.9 cm³/mol. The zero-order valence-corrected chi connectivity index (χ0v) is 11.2. The lowest BCUT2D eigenvalue weighted by molar-refractivity contribution is -0.124. The van der Waals surface area contributed by atoms with E-state index in [0.717, 1.165) is 18.7 Å². The first-order valence-electron chi connectivity index (χ1n) is 5.63. The van der Waals surface area contributed by atoms with Crippen molar-refractivity contribution in [3.8, 4) is 0 Å².